The van der Waals surface area contributed by atoms with E-state index >= 15 is 0 Å². The number of aromatic amines is 1. The SMILES string of the molecule is CCCCCCCCCCOCc1cc(=O)c(OC)c[nH]1. The van der Waals surface area contributed by atoms with Gasteiger partial charge in [-0.2, -0.15) is 0 Å². The van der Waals surface area contributed by atoms with Crippen LogP contribution < -0.4 is 10.2 Å². The molecule has 0 aliphatic carbocycles. The predicted molar refractivity (Wildman–Crippen MR) is 85.9 cm³/mol. The van der Waals surface area contributed by atoms with Gasteiger partial charge < -0.3 is 14.5 Å². The molecule has 1 aromatic rings. The van der Waals surface area contributed by atoms with E-state index < -0.39 is 0 Å². The largest absolute Gasteiger partial charge is 0.491 e. The van der Waals surface area contributed by atoms with Crippen LogP contribution in [0, 0.1) is 0 Å². The minimum atomic E-state index is -0.109. The van der Waals surface area contributed by atoms with Crippen molar-refractivity contribution in [3.05, 3.63) is 28.2 Å². The van der Waals surface area contributed by atoms with Gasteiger partial charge in [0.25, 0.3) is 0 Å². The Morgan fingerprint density at radius 3 is 2.33 bits per heavy atom. The number of aromatic nitrogens is 1. The highest BCUT2D eigenvalue weighted by atomic mass is 16.5. The fraction of sp³-hybridized carbons (Fsp3) is 0.706. The molecule has 0 bridgehead atoms. The van der Waals surface area contributed by atoms with Crippen LogP contribution in [0.15, 0.2) is 17.1 Å². The van der Waals surface area contributed by atoms with Crippen molar-refractivity contribution in [2.75, 3.05) is 13.7 Å². The fourth-order valence-corrected chi connectivity index (χ4v) is 2.26. The number of hydrogen-bond donors (Lipinski definition) is 1. The highest BCUT2D eigenvalue weighted by Crippen LogP contribution is 2.08. The zero-order chi connectivity index (χ0) is 15.3. The molecular formula is C17H29NO3. The molecule has 0 fully saturated rings. The van der Waals surface area contributed by atoms with Gasteiger partial charge in [-0.3, -0.25) is 4.79 Å². The molecular weight excluding hydrogens is 266 g/mol. The summed E-state index contributed by atoms with van der Waals surface area (Å²) in [5.74, 6) is 0.335. The van der Waals surface area contributed by atoms with Crippen LogP contribution in [0.3, 0.4) is 0 Å². The van der Waals surface area contributed by atoms with E-state index in [-0.39, 0.29) is 5.43 Å². The van der Waals surface area contributed by atoms with Gasteiger partial charge in [-0.1, -0.05) is 51.9 Å². The molecule has 4 nitrogen and oxygen atoms in total. The minimum absolute atomic E-state index is 0.109. The quantitative estimate of drug-likeness (QED) is 0.592. The number of hydrogen-bond acceptors (Lipinski definition) is 3. The molecule has 1 N–H and O–H groups in total. The van der Waals surface area contributed by atoms with Gasteiger partial charge in [-0.15, -0.1) is 0 Å². The highest BCUT2D eigenvalue weighted by Gasteiger charge is 2.01. The lowest BCUT2D eigenvalue weighted by molar-refractivity contribution is 0.114. The lowest BCUT2D eigenvalue weighted by atomic mass is 10.1. The topological polar surface area (TPSA) is 51.3 Å². The molecule has 1 rings (SSSR count). The summed E-state index contributed by atoms with van der Waals surface area (Å²) >= 11 is 0. The van der Waals surface area contributed by atoms with E-state index in [0.717, 1.165) is 18.7 Å². The lowest BCUT2D eigenvalue weighted by Gasteiger charge is -2.05. The molecule has 120 valence electrons. The molecule has 0 spiro atoms. The van der Waals surface area contributed by atoms with Crippen molar-refractivity contribution in [3.63, 3.8) is 0 Å². The van der Waals surface area contributed by atoms with Gasteiger partial charge in [0, 0.05) is 24.6 Å². The normalized spacial score (nSPS) is 10.8. The van der Waals surface area contributed by atoms with E-state index in [1.165, 1.54) is 58.1 Å². The van der Waals surface area contributed by atoms with Crippen molar-refractivity contribution in [3.8, 4) is 5.75 Å². The van der Waals surface area contributed by atoms with Crippen molar-refractivity contribution < 1.29 is 9.47 Å². The van der Waals surface area contributed by atoms with Gasteiger partial charge in [0.1, 0.15) is 0 Å². The number of nitrogens with one attached hydrogen (secondary N) is 1. The number of methoxy groups -OCH3 is 1. The molecule has 0 amide bonds. The molecule has 0 saturated heterocycles. The highest BCUT2D eigenvalue weighted by molar-refractivity contribution is 5.19. The first-order chi connectivity index (χ1) is 10.3. The zero-order valence-corrected chi connectivity index (χ0v) is 13.5. The van der Waals surface area contributed by atoms with Crippen molar-refractivity contribution in [2.24, 2.45) is 0 Å². The van der Waals surface area contributed by atoms with Gasteiger partial charge >= 0.3 is 0 Å². The molecule has 0 atom stereocenters. The van der Waals surface area contributed by atoms with E-state index in [0.29, 0.717) is 12.4 Å². The smallest absolute Gasteiger partial charge is 0.223 e. The third kappa shape index (κ3) is 7.90. The predicted octanol–water partition coefficient (Wildman–Crippen LogP) is 4.04. The zero-order valence-electron chi connectivity index (χ0n) is 13.5. The Morgan fingerprint density at radius 2 is 1.71 bits per heavy atom. The van der Waals surface area contributed by atoms with E-state index in [1.54, 1.807) is 6.20 Å². The lowest BCUT2D eigenvalue weighted by Crippen LogP contribution is -2.08. The van der Waals surface area contributed by atoms with Gasteiger partial charge in [0.2, 0.25) is 5.43 Å². The molecule has 0 unspecified atom stereocenters. The first kappa shape index (κ1) is 17.8. The van der Waals surface area contributed by atoms with Crippen LogP contribution in [-0.4, -0.2) is 18.7 Å². The van der Waals surface area contributed by atoms with E-state index in [9.17, 15) is 4.79 Å². The van der Waals surface area contributed by atoms with E-state index in [2.05, 4.69) is 11.9 Å². The summed E-state index contributed by atoms with van der Waals surface area (Å²) in [5, 5.41) is 0. The van der Waals surface area contributed by atoms with E-state index in [4.69, 9.17) is 9.47 Å². The molecule has 0 aliphatic heterocycles. The number of unbranched alkanes of at least 4 members (excludes halogenated alkanes) is 7. The van der Waals surface area contributed by atoms with Crippen LogP contribution in [-0.2, 0) is 11.3 Å². The Hall–Kier alpha value is -1.29. The Bertz CT molecular complexity index is 428. The molecule has 1 aromatic heterocycles. The van der Waals surface area contributed by atoms with Crippen LogP contribution in [0.25, 0.3) is 0 Å². The van der Waals surface area contributed by atoms with Gasteiger partial charge in [0.05, 0.1) is 13.7 Å². The standard InChI is InChI=1S/C17H29NO3/c1-3-4-5-6-7-8-9-10-11-21-14-15-12-16(19)17(20-2)13-18-15/h12-13H,3-11,14H2,1-2H3,(H,18,19). The second kappa shape index (κ2) is 11.4. The third-order valence-electron chi connectivity index (χ3n) is 3.56. The maximum absolute atomic E-state index is 11.6. The number of rotatable bonds is 12. The average Bonchev–Trinajstić information content (AvgIpc) is 2.49. The molecule has 0 radical (unpaired) electrons. The first-order valence-electron chi connectivity index (χ1n) is 8.11. The minimum Gasteiger partial charge on any atom is -0.491 e. The van der Waals surface area contributed by atoms with Crippen LogP contribution in [0.1, 0.15) is 64.0 Å². The molecule has 1 heterocycles. The second-order valence-electron chi connectivity index (χ2n) is 5.42. The Balaban J connectivity index is 2.01. The summed E-state index contributed by atoms with van der Waals surface area (Å²) < 4.78 is 10.5. The molecule has 0 saturated carbocycles. The summed E-state index contributed by atoms with van der Waals surface area (Å²) in [7, 11) is 1.49. The summed E-state index contributed by atoms with van der Waals surface area (Å²) in [6.45, 7) is 3.45. The summed E-state index contributed by atoms with van der Waals surface area (Å²) in [5.41, 5.74) is 0.683. The number of ether oxygens (including phenoxy) is 2. The van der Waals surface area contributed by atoms with Crippen molar-refractivity contribution in [1.82, 2.24) is 4.98 Å². The first-order valence-corrected chi connectivity index (χ1v) is 8.11. The number of H-pyrrole nitrogens is 1. The van der Waals surface area contributed by atoms with Crippen molar-refractivity contribution >= 4 is 0 Å². The van der Waals surface area contributed by atoms with Crippen molar-refractivity contribution in [1.29, 1.82) is 0 Å². The van der Waals surface area contributed by atoms with E-state index in [1.807, 2.05) is 0 Å². The average molecular weight is 295 g/mol. The molecule has 21 heavy (non-hydrogen) atoms. The maximum Gasteiger partial charge on any atom is 0.223 e. The Morgan fingerprint density at radius 1 is 1.05 bits per heavy atom. The third-order valence-corrected chi connectivity index (χ3v) is 3.56. The van der Waals surface area contributed by atoms with Gasteiger partial charge in [0.15, 0.2) is 5.75 Å². The Kier molecular flexibility index (Phi) is 9.62. The van der Waals surface area contributed by atoms with Crippen LogP contribution in [0.5, 0.6) is 5.75 Å². The Labute approximate surface area is 127 Å². The molecule has 4 heteroatoms. The molecule has 0 aromatic carbocycles. The monoisotopic (exact) mass is 295 g/mol. The summed E-state index contributed by atoms with van der Waals surface area (Å²) in [6.07, 6.45) is 11.9. The summed E-state index contributed by atoms with van der Waals surface area (Å²) in [4.78, 5) is 14.6. The van der Waals surface area contributed by atoms with Crippen LogP contribution in [0.2, 0.25) is 0 Å². The number of pyridine rings is 1. The van der Waals surface area contributed by atoms with Gasteiger partial charge in [-0.25, -0.2) is 0 Å². The van der Waals surface area contributed by atoms with Crippen molar-refractivity contribution in [2.45, 2.75) is 64.9 Å². The summed E-state index contributed by atoms with van der Waals surface area (Å²) in [6, 6.07) is 1.53. The maximum atomic E-state index is 11.6. The van der Waals surface area contributed by atoms with Crippen LogP contribution >= 0.6 is 0 Å². The van der Waals surface area contributed by atoms with Crippen LogP contribution in [0.4, 0.5) is 0 Å². The fourth-order valence-electron chi connectivity index (χ4n) is 2.26. The van der Waals surface area contributed by atoms with Gasteiger partial charge in [-0.05, 0) is 6.42 Å². The molecule has 0 aliphatic rings. The second-order valence-corrected chi connectivity index (χ2v) is 5.42.